The summed E-state index contributed by atoms with van der Waals surface area (Å²) >= 11 is 0. The number of piperidine rings is 1. The molecule has 1 amide bonds. The monoisotopic (exact) mass is 390 g/mol. The quantitative estimate of drug-likeness (QED) is 0.661. The molecule has 0 spiro atoms. The number of aromatic nitrogens is 2. The Kier molecular flexibility index (Phi) is 5.60. The van der Waals surface area contributed by atoms with E-state index in [0.29, 0.717) is 17.7 Å². The number of carbonyl (C=O) groups excluding carboxylic acids is 1. The van der Waals surface area contributed by atoms with E-state index < -0.39 is 0 Å². The molecule has 4 rings (SSSR count). The van der Waals surface area contributed by atoms with E-state index in [4.69, 9.17) is 4.42 Å². The van der Waals surface area contributed by atoms with Gasteiger partial charge in [-0.1, -0.05) is 18.2 Å². The van der Waals surface area contributed by atoms with Crippen molar-refractivity contribution in [2.24, 2.45) is 5.92 Å². The number of hydrogen-bond acceptors (Lipinski definition) is 5. The second-order valence-electron chi connectivity index (χ2n) is 7.75. The molecule has 1 aliphatic heterocycles. The molecule has 150 valence electrons. The molecule has 1 aliphatic rings. The zero-order chi connectivity index (χ0) is 20.2. The van der Waals surface area contributed by atoms with Gasteiger partial charge < -0.3 is 14.2 Å². The highest BCUT2D eigenvalue weighted by molar-refractivity contribution is 5.94. The van der Waals surface area contributed by atoms with Crippen molar-refractivity contribution in [2.75, 3.05) is 32.1 Å². The van der Waals surface area contributed by atoms with Crippen molar-refractivity contribution < 1.29 is 9.21 Å². The number of carbonyl (C=O) groups is 1. The molecule has 6 nitrogen and oxygen atoms in total. The van der Waals surface area contributed by atoms with Gasteiger partial charge in [0.1, 0.15) is 0 Å². The number of benzene rings is 2. The summed E-state index contributed by atoms with van der Waals surface area (Å²) in [5.74, 6) is 1.81. The highest BCUT2D eigenvalue weighted by Crippen LogP contribution is 2.25. The van der Waals surface area contributed by atoms with Crippen LogP contribution in [0.2, 0.25) is 0 Å². The van der Waals surface area contributed by atoms with E-state index in [1.54, 1.807) is 0 Å². The first kappa shape index (κ1) is 19.2. The van der Waals surface area contributed by atoms with Gasteiger partial charge in [-0.2, -0.15) is 0 Å². The molecule has 0 saturated carbocycles. The Morgan fingerprint density at radius 3 is 2.38 bits per heavy atom. The van der Waals surface area contributed by atoms with Crippen LogP contribution in [0.5, 0.6) is 0 Å². The predicted octanol–water partition coefficient (Wildman–Crippen LogP) is 3.90. The standard InChI is InChI=1S/C23H26N4O2/c1-26(2)20-10-8-19(9-11-20)23(28)27-14-12-17(13-15-27)16-21-24-25-22(29-21)18-6-4-3-5-7-18/h3-11,17H,12-16H2,1-2H3. The minimum atomic E-state index is 0.109. The molecule has 1 aromatic heterocycles. The second-order valence-corrected chi connectivity index (χ2v) is 7.75. The maximum Gasteiger partial charge on any atom is 0.253 e. The number of amides is 1. The molecule has 6 heteroatoms. The van der Waals surface area contributed by atoms with Crippen LogP contribution in [0.25, 0.3) is 11.5 Å². The summed E-state index contributed by atoms with van der Waals surface area (Å²) in [6.45, 7) is 1.53. The highest BCUT2D eigenvalue weighted by atomic mass is 16.4. The lowest BCUT2D eigenvalue weighted by molar-refractivity contribution is 0.0688. The molecule has 2 aromatic carbocycles. The largest absolute Gasteiger partial charge is 0.421 e. The summed E-state index contributed by atoms with van der Waals surface area (Å²) in [7, 11) is 3.99. The van der Waals surface area contributed by atoms with Gasteiger partial charge in [-0.15, -0.1) is 10.2 Å². The summed E-state index contributed by atoms with van der Waals surface area (Å²) in [6, 6.07) is 17.6. The smallest absolute Gasteiger partial charge is 0.253 e. The Labute approximate surface area is 171 Å². The van der Waals surface area contributed by atoms with E-state index in [1.807, 2.05) is 78.5 Å². The molecular formula is C23H26N4O2. The Morgan fingerprint density at radius 2 is 1.72 bits per heavy atom. The van der Waals surface area contributed by atoms with Gasteiger partial charge in [-0.05, 0) is 55.2 Å². The molecule has 3 aromatic rings. The topological polar surface area (TPSA) is 62.5 Å². The minimum Gasteiger partial charge on any atom is -0.421 e. The van der Waals surface area contributed by atoms with Gasteiger partial charge in [-0.25, -0.2) is 0 Å². The van der Waals surface area contributed by atoms with Gasteiger partial charge >= 0.3 is 0 Å². The molecule has 29 heavy (non-hydrogen) atoms. The summed E-state index contributed by atoms with van der Waals surface area (Å²) in [5, 5.41) is 8.38. The van der Waals surface area contributed by atoms with Gasteiger partial charge in [-0.3, -0.25) is 4.79 Å². The summed E-state index contributed by atoms with van der Waals surface area (Å²) in [4.78, 5) is 16.8. The van der Waals surface area contributed by atoms with Gasteiger partial charge in [0, 0.05) is 50.4 Å². The average Bonchev–Trinajstić information content (AvgIpc) is 3.23. The van der Waals surface area contributed by atoms with Crippen molar-refractivity contribution in [3.8, 4) is 11.5 Å². The fraction of sp³-hybridized carbons (Fsp3) is 0.348. The Balaban J connectivity index is 1.31. The molecular weight excluding hydrogens is 364 g/mol. The van der Waals surface area contributed by atoms with Gasteiger partial charge in [0.2, 0.25) is 11.8 Å². The van der Waals surface area contributed by atoms with Gasteiger partial charge in [0.05, 0.1) is 0 Å². The molecule has 0 aliphatic carbocycles. The van der Waals surface area contributed by atoms with Crippen LogP contribution in [0, 0.1) is 5.92 Å². The number of hydrogen-bond donors (Lipinski definition) is 0. The normalized spacial score (nSPS) is 14.8. The van der Waals surface area contributed by atoms with E-state index in [2.05, 4.69) is 10.2 Å². The lowest BCUT2D eigenvalue weighted by Crippen LogP contribution is -2.38. The van der Waals surface area contributed by atoms with Crippen LogP contribution in [0.1, 0.15) is 29.1 Å². The highest BCUT2D eigenvalue weighted by Gasteiger charge is 2.25. The van der Waals surface area contributed by atoms with Crippen molar-refractivity contribution in [1.82, 2.24) is 15.1 Å². The molecule has 0 bridgehead atoms. The maximum atomic E-state index is 12.8. The Bertz CT molecular complexity index is 943. The number of anilines is 1. The van der Waals surface area contributed by atoms with Crippen LogP contribution in [-0.2, 0) is 6.42 Å². The Hall–Kier alpha value is -3.15. The third-order valence-electron chi connectivity index (χ3n) is 5.48. The zero-order valence-corrected chi connectivity index (χ0v) is 16.9. The minimum absolute atomic E-state index is 0.109. The summed E-state index contributed by atoms with van der Waals surface area (Å²) in [5.41, 5.74) is 2.78. The molecule has 1 fully saturated rings. The second kappa shape index (κ2) is 8.47. The molecule has 1 saturated heterocycles. The van der Waals surface area contributed by atoms with E-state index in [-0.39, 0.29) is 5.91 Å². The fourth-order valence-corrected chi connectivity index (χ4v) is 3.71. The van der Waals surface area contributed by atoms with Gasteiger partial charge in [0.25, 0.3) is 5.91 Å². The average molecular weight is 390 g/mol. The molecule has 0 radical (unpaired) electrons. The van der Waals surface area contributed by atoms with Crippen LogP contribution in [0.15, 0.2) is 59.0 Å². The summed E-state index contributed by atoms with van der Waals surface area (Å²) in [6.07, 6.45) is 2.66. The first-order valence-corrected chi connectivity index (χ1v) is 10.0. The van der Waals surface area contributed by atoms with Crippen LogP contribution >= 0.6 is 0 Å². The summed E-state index contributed by atoms with van der Waals surface area (Å²) < 4.78 is 5.84. The SMILES string of the molecule is CN(C)c1ccc(C(=O)N2CCC(Cc3nnc(-c4ccccc4)o3)CC2)cc1. The predicted molar refractivity (Wildman–Crippen MR) is 113 cm³/mol. The van der Waals surface area contributed by atoms with Gasteiger partial charge in [0.15, 0.2) is 0 Å². The number of nitrogens with zero attached hydrogens (tertiary/aromatic N) is 4. The van der Waals surface area contributed by atoms with Crippen molar-refractivity contribution >= 4 is 11.6 Å². The van der Waals surface area contributed by atoms with E-state index >= 15 is 0 Å². The first-order valence-electron chi connectivity index (χ1n) is 10.0. The fourth-order valence-electron chi connectivity index (χ4n) is 3.71. The molecule has 0 N–H and O–H groups in total. The van der Waals surface area contributed by atoms with E-state index in [9.17, 15) is 4.79 Å². The van der Waals surface area contributed by atoms with Crippen LogP contribution in [0.4, 0.5) is 5.69 Å². The molecule has 2 heterocycles. The molecule has 0 atom stereocenters. The van der Waals surface area contributed by atoms with E-state index in [0.717, 1.165) is 49.2 Å². The number of likely N-dealkylation sites (tertiary alicyclic amines) is 1. The van der Waals surface area contributed by atoms with Crippen LogP contribution in [-0.4, -0.2) is 48.2 Å². The third-order valence-corrected chi connectivity index (χ3v) is 5.48. The lowest BCUT2D eigenvalue weighted by atomic mass is 9.93. The molecule has 0 unspecified atom stereocenters. The Morgan fingerprint density at radius 1 is 1.03 bits per heavy atom. The maximum absolute atomic E-state index is 12.8. The zero-order valence-electron chi connectivity index (χ0n) is 16.9. The van der Waals surface area contributed by atoms with Crippen molar-refractivity contribution in [1.29, 1.82) is 0 Å². The van der Waals surface area contributed by atoms with Crippen LogP contribution < -0.4 is 4.90 Å². The van der Waals surface area contributed by atoms with Crippen molar-refractivity contribution in [2.45, 2.75) is 19.3 Å². The van der Waals surface area contributed by atoms with Crippen molar-refractivity contribution in [3.05, 3.63) is 66.1 Å². The van der Waals surface area contributed by atoms with E-state index in [1.165, 1.54) is 0 Å². The first-order chi connectivity index (χ1) is 14.1. The van der Waals surface area contributed by atoms with Crippen molar-refractivity contribution in [3.63, 3.8) is 0 Å². The van der Waals surface area contributed by atoms with Crippen LogP contribution in [0.3, 0.4) is 0 Å². The number of rotatable bonds is 5. The third kappa shape index (κ3) is 4.47. The lowest BCUT2D eigenvalue weighted by Gasteiger charge is -2.31.